The number of carbonyl (C=O) groups is 2. The molecule has 1 N–H and O–H groups in total. The Morgan fingerprint density at radius 1 is 1.07 bits per heavy atom. The lowest BCUT2D eigenvalue weighted by molar-refractivity contribution is -0.384. The quantitative estimate of drug-likeness (QED) is 0.464. The van der Waals surface area contributed by atoms with Crippen molar-refractivity contribution in [2.75, 3.05) is 12.4 Å². The molecule has 0 bridgehead atoms. The molecule has 0 radical (unpaired) electrons. The molecule has 0 spiro atoms. The van der Waals surface area contributed by atoms with Gasteiger partial charge in [-0.2, -0.15) is 0 Å². The number of amides is 2. The monoisotopic (exact) mass is 407 g/mol. The zero-order valence-corrected chi connectivity index (χ0v) is 14.7. The zero-order valence-electron chi connectivity index (χ0n) is 14.7. The van der Waals surface area contributed by atoms with Crippen molar-refractivity contribution in [3.05, 3.63) is 69.9 Å². The minimum atomic E-state index is -4.89. The van der Waals surface area contributed by atoms with Gasteiger partial charge < -0.3 is 10.1 Å². The van der Waals surface area contributed by atoms with Crippen molar-refractivity contribution in [3.8, 4) is 5.75 Å². The minimum Gasteiger partial charge on any atom is -0.406 e. The maximum Gasteiger partial charge on any atom is 0.573 e. The Kier molecular flexibility index (Phi) is 4.97. The third-order valence-electron chi connectivity index (χ3n) is 3.99. The molecule has 0 saturated heterocycles. The van der Waals surface area contributed by atoms with Gasteiger partial charge in [0.1, 0.15) is 11.4 Å². The minimum absolute atomic E-state index is 0.0606. The molecular weight excluding hydrogens is 395 g/mol. The van der Waals surface area contributed by atoms with E-state index in [9.17, 15) is 32.9 Å². The molecule has 2 aromatic carbocycles. The van der Waals surface area contributed by atoms with Gasteiger partial charge in [-0.25, -0.2) is 0 Å². The lowest BCUT2D eigenvalue weighted by Gasteiger charge is -2.12. The highest BCUT2D eigenvalue weighted by molar-refractivity contribution is 6.36. The molecule has 0 atom stereocenters. The van der Waals surface area contributed by atoms with Gasteiger partial charge in [0.25, 0.3) is 17.5 Å². The van der Waals surface area contributed by atoms with Crippen molar-refractivity contribution in [1.82, 2.24) is 4.90 Å². The summed E-state index contributed by atoms with van der Waals surface area (Å²) in [5.41, 5.74) is -0.114. The molecule has 1 aliphatic heterocycles. The van der Waals surface area contributed by atoms with Crippen molar-refractivity contribution in [2.24, 2.45) is 0 Å². The molecule has 2 aromatic rings. The van der Waals surface area contributed by atoms with Crippen LogP contribution in [0, 0.1) is 10.1 Å². The normalized spacial score (nSPS) is 14.4. The van der Waals surface area contributed by atoms with E-state index in [2.05, 4.69) is 10.1 Å². The molecule has 0 unspecified atom stereocenters. The fraction of sp³-hybridized carbons (Fsp3) is 0.111. The van der Waals surface area contributed by atoms with Gasteiger partial charge in [-0.15, -0.1) is 13.2 Å². The predicted molar refractivity (Wildman–Crippen MR) is 94.5 cm³/mol. The molecule has 8 nitrogen and oxygen atoms in total. The lowest BCUT2D eigenvalue weighted by Crippen LogP contribution is -2.27. The molecule has 0 fully saturated rings. The fourth-order valence-electron chi connectivity index (χ4n) is 2.69. The number of non-ortho nitro benzene ring substituents is 1. The summed E-state index contributed by atoms with van der Waals surface area (Å²) in [6.45, 7) is 0. The predicted octanol–water partition coefficient (Wildman–Crippen LogP) is 3.32. The number of nitrogens with one attached hydrogen (secondary N) is 1. The van der Waals surface area contributed by atoms with Gasteiger partial charge in [0.05, 0.1) is 10.5 Å². The molecular formula is C18H12F3N3O5. The van der Waals surface area contributed by atoms with E-state index in [-0.39, 0.29) is 28.2 Å². The van der Waals surface area contributed by atoms with Crippen LogP contribution in [-0.4, -0.2) is 35.0 Å². The largest absolute Gasteiger partial charge is 0.573 e. The first kappa shape index (κ1) is 19.9. The van der Waals surface area contributed by atoms with Gasteiger partial charge in [0.15, 0.2) is 0 Å². The van der Waals surface area contributed by atoms with E-state index in [1.54, 1.807) is 0 Å². The molecule has 0 aliphatic carbocycles. The number of ether oxygens (including phenoxy) is 1. The van der Waals surface area contributed by atoms with E-state index in [4.69, 9.17) is 0 Å². The first-order valence-corrected chi connectivity index (χ1v) is 8.01. The molecule has 1 aliphatic rings. The first-order valence-electron chi connectivity index (χ1n) is 8.01. The highest BCUT2D eigenvalue weighted by atomic mass is 19.4. The van der Waals surface area contributed by atoms with Crippen molar-refractivity contribution < 1.29 is 32.4 Å². The Hall–Kier alpha value is -3.89. The second kappa shape index (κ2) is 7.26. The van der Waals surface area contributed by atoms with Crippen LogP contribution in [0.25, 0.3) is 5.57 Å². The van der Waals surface area contributed by atoms with E-state index in [0.29, 0.717) is 0 Å². The van der Waals surface area contributed by atoms with Gasteiger partial charge in [0, 0.05) is 30.9 Å². The van der Waals surface area contributed by atoms with E-state index >= 15 is 0 Å². The molecule has 1 heterocycles. The van der Waals surface area contributed by atoms with Crippen LogP contribution in [0.3, 0.4) is 0 Å². The number of carbonyl (C=O) groups excluding carboxylic acids is 2. The van der Waals surface area contributed by atoms with E-state index < -0.39 is 28.8 Å². The van der Waals surface area contributed by atoms with Crippen LogP contribution in [0.1, 0.15) is 5.56 Å². The fourth-order valence-corrected chi connectivity index (χ4v) is 2.69. The second-order valence-electron chi connectivity index (χ2n) is 5.92. The molecule has 11 heteroatoms. The highest BCUT2D eigenvalue weighted by Crippen LogP contribution is 2.32. The number of halogens is 3. The van der Waals surface area contributed by atoms with Crippen LogP contribution < -0.4 is 10.1 Å². The number of hydrogen-bond acceptors (Lipinski definition) is 6. The number of nitro groups is 1. The first-order chi connectivity index (χ1) is 13.6. The summed E-state index contributed by atoms with van der Waals surface area (Å²) in [7, 11) is 1.24. The Bertz CT molecular complexity index is 1030. The lowest BCUT2D eigenvalue weighted by atomic mass is 10.0. The number of nitro benzene ring substituents is 1. The summed E-state index contributed by atoms with van der Waals surface area (Å²) in [6.07, 6.45) is -4.89. The van der Waals surface area contributed by atoms with Gasteiger partial charge >= 0.3 is 6.36 Å². The van der Waals surface area contributed by atoms with E-state index in [1.165, 1.54) is 43.4 Å². The van der Waals surface area contributed by atoms with Crippen LogP contribution in [0.2, 0.25) is 0 Å². The Labute approximate surface area is 161 Å². The highest BCUT2D eigenvalue weighted by Gasteiger charge is 2.37. The zero-order chi connectivity index (χ0) is 21.3. The van der Waals surface area contributed by atoms with Crippen molar-refractivity contribution in [1.29, 1.82) is 0 Å². The maximum atomic E-state index is 12.5. The van der Waals surface area contributed by atoms with Gasteiger partial charge in [-0.1, -0.05) is 6.07 Å². The topological polar surface area (TPSA) is 102 Å². The number of anilines is 1. The number of hydrogen-bond donors (Lipinski definition) is 1. The van der Waals surface area contributed by atoms with E-state index in [1.807, 2.05) is 0 Å². The third-order valence-corrected chi connectivity index (χ3v) is 3.99. The number of nitrogens with zero attached hydrogens (tertiary/aromatic N) is 2. The van der Waals surface area contributed by atoms with Crippen molar-refractivity contribution >= 4 is 28.8 Å². The molecule has 29 heavy (non-hydrogen) atoms. The molecule has 0 saturated carbocycles. The second-order valence-corrected chi connectivity index (χ2v) is 5.92. The van der Waals surface area contributed by atoms with Crippen LogP contribution in [0.5, 0.6) is 5.75 Å². The smallest absolute Gasteiger partial charge is 0.406 e. The third kappa shape index (κ3) is 4.18. The molecule has 3 rings (SSSR count). The van der Waals surface area contributed by atoms with Crippen molar-refractivity contribution in [3.63, 3.8) is 0 Å². The van der Waals surface area contributed by atoms with Gasteiger partial charge in [-0.05, 0) is 29.8 Å². The summed E-state index contributed by atoms with van der Waals surface area (Å²) >= 11 is 0. The summed E-state index contributed by atoms with van der Waals surface area (Å²) in [5.74, 6) is -1.87. The molecule has 2 amide bonds. The number of rotatable bonds is 5. The molecule has 150 valence electrons. The summed E-state index contributed by atoms with van der Waals surface area (Å²) in [6, 6.07) is 9.73. The summed E-state index contributed by atoms with van der Waals surface area (Å²) in [4.78, 5) is 36.0. The van der Waals surface area contributed by atoms with Crippen LogP contribution in [0.15, 0.2) is 54.2 Å². The summed E-state index contributed by atoms with van der Waals surface area (Å²) in [5, 5.41) is 13.4. The number of alkyl halides is 3. The van der Waals surface area contributed by atoms with Crippen LogP contribution in [0.4, 0.5) is 24.5 Å². The molecule has 0 aromatic heterocycles. The SMILES string of the molecule is CN1C(=O)C(Nc2cccc(OC(F)(F)F)c2)=C(c2ccc([N+](=O)[O-])cc2)C1=O. The van der Waals surface area contributed by atoms with Crippen LogP contribution in [-0.2, 0) is 9.59 Å². The number of imide groups is 1. The number of likely N-dealkylation sites (N-methyl/N-ethyl adjacent to an activating group) is 1. The van der Waals surface area contributed by atoms with E-state index in [0.717, 1.165) is 17.0 Å². The average molecular weight is 407 g/mol. The number of benzene rings is 2. The maximum absolute atomic E-state index is 12.5. The van der Waals surface area contributed by atoms with Crippen molar-refractivity contribution in [2.45, 2.75) is 6.36 Å². The summed E-state index contributed by atoms with van der Waals surface area (Å²) < 4.78 is 41.1. The average Bonchev–Trinajstić information content (AvgIpc) is 2.85. The van der Waals surface area contributed by atoms with Crippen LogP contribution >= 0.6 is 0 Å². The standard InChI is InChI=1S/C18H12F3N3O5/c1-23-16(25)14(10-5-7-12(8-6-10)24(27)28)15(17(23)26)22-11-3-2-4-13(9-11)29-18(19,20)21/h2-9,22H,1H3. The van der Waals surface area contributed by atoms with Gasteiger partial charge in [-0.3, -0.25) is 24.6 Å². The Balaban J connectivity index is 2.00. The Morgan fingerprint density at radius 2 is 1.72 bits per heavy atom. The van der Waals surface area contributed by atoms with Gasteiger partial charge in [0.2, 0.25) is 0 Å². The Morgan fingerprint density at radius 3 is 2.31 bits per heavy atom.